The lowest BCUT2D eigenvalue weighted by Gasteiger charge is -2.26. The number of nitrogens with zero attached hydrogens (tertiary/aromatic N) is 2. The van der Waals surface area contributed by atoms with Crippen molar-refractivity contribution in [1.29, 1.82) is 5.26 Å². The van der Waals surface area contributed by atoms with Gasteiger partial charge in [0.2, 0.25) is 0 Å². The van der Waals surface area contributed by atoms with Gasteiger partial charge in [-0.3, -0.25) is 0 Å². The van der Waals surface area contributed by atoms with Crippen LogP contribution in [0.2, 0.25) is 0 Å². The van der Waals surface area contributed by atoms with Crippen LogP contribution in [0.1, 0.15) is 12.0 Å². The van der Waals surface area contributed by atoms with E-state index < -0.39 is 0 Å². The van der Waals surface area contributed by atoms with Crippen molar-refractivity contribution in [1.82, 2.24) is 5.32 Å². The molecule has 0 radical (unpaired) electrons. The van der Waals surface area contributed by atoms with Crippen molar-refractivity contribution >= 4 is 5.69 Å². The molecule has 1 aromatic carbocycles. The summed E-state index contributed by atoms with van der Waals surface area (Å²) >= 11 is 0. The highest BCUT2D eigenvalue weighted by molar-refractivity contribution is 5.52. The molecule has 0 aromatic heterocycles. The molecule has 4 heteroatoms. The first-order valence-electron chi connectivity index (χ1n) is 5.35. The highest BCUT2D eigenvalue weighted by atomic mass is 19.1. The van der Waals surface area contributed by atoms with Crippen LogP contribution in [0.3, 0.4) is 0 Å². The smallest absolute Gasteiger partial charge is 0.126 e. The summed E-state index contributed by atoms with van der Waals surface area (Å²) in [6.07, 6.45) is 1.05. The van der Waals surface area contributed by atoms with Gasteiger partial charge in [-0.2, -0.15) is 5.26 Å². The fourth-order valence-corrected chi connectivity index (χ4v) is 2.02. The summed E-state index contributed by atoms with van der Waals surface area (Å²) in [5.74, 6) is -0.355. The van der Waals surface area contributed by atoms with E-state index in [4.69, 9.17) is 5.26 Å². The highest BCUT2D eigenvalue weighted by Gasteiger charge is 2.20. The number of hydrogen-bond donors (Lipinski definition) is 1. The number of hydrogen-bond acceptors (Lipinski definition) is 3. The van der Waals surface area contributed by atoms with E-state index in [2.05, 4.69) is 5.32 Å². The Hall–Kier alpha value is -1.60. The molecule has 0 spiro atoms. The van der Waals surface area contributed by atoms with Gasteiger partial charge < -0.3 is 10.2 Å². The molecule has 1 atom stereocenters. The third-order valence-corrected chi connectivity index (χ3v) is 3.00. The van der Waals surface area contributed by atoms with E-state index in [1.165, 1.54) is 12.1 Å². The Morgan fingerprint density at radius 3 is 2.94 bits per heavy atom. The topological polar surface area (TPSA) is 39.1 Å². The number of halogens is 1. The van der Waals surface area contributed by atoms with E-state index in [9.17, 15) is 4.39 Å². The zero-order valence-corrected chi connectivity index (χ0v) is 9.20. The molecule has 16 heavy (non-hydrogen) atoms. The Morgan fingerprint density at radius 2 is 2.31 bits per heavy atom. The van der Waals surface area contributed by atoms with Crippen LogP contribution in [0.5, 0.6) is 0 Å². The summed E-state index contributed by atoms with van der Waals surface area (Å²) in [4.78, 5) is 2.03. The van der Waals surface area contributed by atoms with Crippen LogP contribution in [0.4, 0.5) is 10.1 Å². The lowest BCUT2D eigenvalue weighted by atomic mass is 10.1. The average molecular weight is 219 g/mol. The molecule has 1 aliphatic heterocycles. The number of nitriles is 1. The first kappa shape index (κ1) is 10.9. The minimum absolute atomic E-state index is 0.355. The molecule has 1 N–H and O–H groups in total. The molecule has 0 amide bonds. The molecule has 84 valence electrons. The number of nitrogens with one attached hydrogen (secondary N) is 1. The molecular formula is C12H14FN3. The molecule has 1 fully saturated rings. The van der Waals surface area contributed by atoms with Crippen LogP contribution < -0.4 is 10.2 Å². The van der Waals surface area contributed by atoms with Gasteiger partial charge in [0.1, 0.15) is 5.82 Å². The molecule has 1 saturated heterocycles. The molecule has 1 heterocycles. The first-order chi connectivity index (χ1) is 7.70. The van der Waals surface area contributed by atoms with E-state index in [-0.39, 0.29) is 5.82 Å². The predicted octanol–water partition coefficient (Wildman–Crippen LogP) is 1.50. The van der Waals surface area contributed by atoms with E-state index in [1.807, 2.05) is 18.0 Å². The SMILES string of the molecule is CN(c1cc(F)cc(C#N)c1)C1CCNC1. The van der Waals surface area contributed by atoms with Crippen molar-refractivity contribution in [2.45, 2.75) is 12.5 Å². The second-order valence-corrected chi connectivity index (χ2v) is 4.07. The molecule has 1 aliphatic rings. The number of benzene rings is 1. The molecule has 1 unspecified atom stereocenters. The molecule has 1 aromatic rings. The third kappa shape index (κ3) is 2.15. The van der Waals surface area contributed by atoms with Gasteiger partial charge in [0, 0.05) is 25.3 Å². The second kappa shape index (κ2) is 4.50. The Bertz CT molecular complexity index is 419. The standard InChI is InChI=1S/C12H14FN3/c1-16(11-2-3-15-8-11)12-5-9(7-14)4-10(13)6-12/h4-6,11,15H,2-3,8H2,1H3. The Morgan fingerprint density at radius 1 is 1.50 bits per heavy atom. The first-order valence-corrected chi connectivity index (χ1v) is 5.35. The fraction of sp³-hybridized carbons (Fsp3) is 0.417. The largest absolute Gasteiger partial charge is 0.370 e. The molecule has 0 saturated carbocycles. The lowest BCUT2D eigenvalue weighted by molar-refractivity contribution is 0.623. The van der Waals surface area contributed by atoms with Gasteiger partial charge in [-0.1, -0.05) is 0 Å². The predicted molar refractivity (Wildman–Crippen MR) is 60.8 cm³/mol. The van der Waals surface area contributed by atoms with Crippen molar-refractivity contribution in [3.63, 3.8) is 0 Å². The van der Waals surface area contributed by atoms with Crippen molar-refractivity contribution in [3.05, 3.63) is 29.6 Å². The average Bonchev–Trinajstić information content (AvgIpc) is 2.80. The Balaban J connectivity index is 2.25. The van der Waals surface area contributed by atoms with Crippen LogP contribution in [0, 0.1) is 17.1 Å². The molecule has 0 bridgehead atoms. The van der Waals surface area contributed by atoms with Gasteiger partial charge in [0.05, 0.1) is 11.6 Å². The monoisotopic (exact) mass is 219 g/mol. The molecule has 3 nitrogen and oxygen atoms in total. The number of likely N-dealkylation sites (N-methyl/N-ethyl adjacent to an activating group) is 1. The summed E-state index contributed by atoms with van der Waals surface area (Å²) in [6.45, 7) is 1.91. The van der Waals surface area contributed by atoms with E-state index in [0.29, 0.717) is 11.6 Å². The molecular weight excluding hydrogens is 205 g/mol. The van der Waals surface area contributed by atoms with Gasteiger partial charge in [-0.15, -0.1) is 0 Å². The van der Waals surface area contributed by atoms with Crippen LogP contribution >= 0.6 is 0 Å². The maximum Gasteiger partial charge on any atom is 0.126 e. The van der Waals surface area contributed by atoms with E-state index in [0.717, 1.165) is 25.2 Å². The maximum atomic E-state index is 13.3. The maximum absolute atomic E-state index is 13.3. The van der Waals surface area contributed by atoms with Crippen molar-refractivity contribution < 1.29 is 4.39 Å². The molecule has 0 aliphatic carbocycles. The second-order valence-electron chi connectivity index (χ2n) is 4.07. The van der Waals surface area contributed by atoms with Gasteiger partial charge in [0.15, 0.2) is 0 Å². The quantitative estimate of drug-likeness (QED) is 0.819. The number of anilines is 1. The van der Waals surface area contributed by atoms with Crippen LogP contribution in [0.25, 0.3) is 0 Å². The van der Waals surface area contributed by atoms with Gasteiger partial charge in [0.25, 0.3) is 0 Å². The zero-order chi connectivity index (χ0) is 11.5. The normalized spacial score (nSPS) is 19.4. The Labute approximate surface area is 94.5 Å². The summed E-state index contributed by atoms with van der Waals surface area (Å²) in [7, 11) is 1.94. The highest BCUT2D eigenvalue weighted by Crippen LogP contribution is 2.21. The van der Waals surface area contributed by atoms with Crippen LogP contribution in [-0.2, 0) is 0 Å². The van der Waals surface area contributed by atoms with Gasteiger partial charge in [-0.05, 0) is 31.2 Å². The van der Waals surface area contributed by atoms with Crippen molar-refractivity contribution in [2.75, 3.05) is 25.0 Å². The Kier molecular flexibility index (Phi) is 3.07. The fourth-order valence-electron chi connectivity index (χ4n) is 2.02. The summed E-state index contributed by atoms with van der Waals surface area (Å²) in [6, 6.07) is 6.80. The third-order valence-electron chi connectivity index (χ3n) is 3.00. The lowest BCUT2D eigenvalue weighted by Crippen LogP contribution is -2.33. The zero-order valence-electron chi connectivity index (χ0n) is 9.20. The van der Waals surface area contributed by atoms with E-state index in [1.54, 1.807) is 6.07 Å². The van der Waals surface area contributed by atoms with Crippen molar-refractivity contribution in [3.8, 4) is 6.07 Å². The van der Waals surface area contributed by atoms with Gasteiger partial charge in [-0.25, -0.2) is 4.39 Å². The summed E-state index contributed by atoms with van der Waals surface area (Å²) < 4.78 is 13.3. The van der Waals surface area contributed by atoms with E-state index >= 15 is 0 Å². The van der Waals surface area contributed by atoms with Crippen molar-refractivity contribution in [2.24, 2.45) is 0 Å². The molecule has 2 rings (SSSR count). The van der Waals surface area contributed by atoms with Crippen LogP contribution in [-0.4, -0.2) is 26.2 Å². The minimum atomic E-state index is -0.355. The summed E-state index contributed by atoms with van der Waals surface area (Å²) in [5.41, 5.74) is 1.14. The van der Waals surface area contributed by atoms with Gasteiger partial charge >= 0.3 is 0 Å². The van der Waals surface area contributed by atoms with Crippen LogP contribution in [0.15, 0.2) is 18.2 Å². The number of rotatable bonds is 2. The summed E-state index contributed by atoms with van der Waals surface area (Å²) in [5, 5.41) is 12.1. The minimum Gasteiger partial charge on any atom is -0.370 e.